The maximum atomic E-state index is 15.1. The standard InChI is InChI=1S/C26H18F4N4O4/c1-33-23(21-19(27)11-18(37-2)12-20(21)28)22(25(36)34(33)16-5-3-4-14(10-16)13-31)32-24(35)15-6-8-17(9-7-15)38-26(29)30/h3-12,26H,1-2H3,(H,32,35). The summed E-state index contributed by atoms with van der Waals surface area (Å²) in [6.07, 6.45) is 0. The molecule has 12 heteroatoms. The summed E-state index contributed by atoms with van der Waals surface area (Å²) in [5, 5.41) is 11.6. The highest BCUT2D eigenvalue weighted by Gasteiger charge is 2.27. The Morgan fingerprint density at radius 2 is 1.68 bits per heavy atom. The van der Waals surface area contributed by atoms with E-state index in [1.807, 2.05) is 6.07 Å². The minimum absolute atomic E-state index is 0.0467. The second-order valence-electron chi connectivity index (χ2n) is 7.85. The molecule has 0 aliphatic heterocycles. The number of alkyl halides is 2. The maximum absolute atomic E-state index is 15.1. The molecule has 0 unspecified atom stereocenters. The number of amides is 1. The molecule has 1 N–H and O–H groups in total. The van der Waals surface area contributed by atoms with Crippen LogP contribution in [-0.4, -0.2) is 29.0 Å². The molecule has 38 heavy (non-hydrogen) atoms. The Morgan fingerprint density at radius 3 is 2.26 bits per heavy atom. The van der Waals surface area contributed by atoms with Crippen LogP contribution in [0.1, 0.15) is 15.9 Å². The van der Waals surface area contributed by atoms with Gasteiger partial charge in [0.05, 0.1) is 30.0 Å². The Labute approximate surface area is 212 Å². The van der Waals surface area contributed by atoms with Crippen molar-refractivity contribution < 1.29 is 31.8 Å². The summed E-state index contributed by atoms with van der Waals surface area (Å²) in [5.41, 5.74) is -1.86. The molecule has 1 amide bonds. The zero-order valence-electron chi connectivity index (χ0n) is 19.8. The Morgan fingerprint density at radius 1 is 1.03 bits per heavy atom. The number of methoxy groups -OCH3 is 1. The minimum Gasteiger partial charge on any atom is -0.497 e. The molecule has 4 rings (SSSR count). The lowest BCUT2D eigenvalue weighted by Crippen LogP contribution is -2.23. The zero-order valence-corrected chi connectivity index (χ0v) is 19.8. The highest BCUT2D eigenvalue weighted by molar-refractivity contribution is 6.06. The van der Waals surface area contributed by atoms with Gasteiger partial charge in [-0.15, -0.1) is 0 Å². The van der Waals surface area contributed by atoms with E-state index in [4.69, 9.17) is 4.74 Å². The molecular weight excluding hydrogens is 508 g/mol. The number of nitrogens with one attached hydrogen (secondary N) is 1. The molecule has 0 aliphatic rings. The van der Waals surface area contributed by atoms with Gasteiger partial charge in [0, 0.05) is 24.7 Å². The molecule has 0 fully saturated rings. The number of carbonyl (C=O) groups excluding carboxylic acids is 1. The summed E-state index contributed by atoms with van der Waals surface area (Å²) >= 11 is 0. The molecule has 194 valence electrons. The molecule has 0 spiro atoms. The minimum atomic E-state index is -3.06. The van der Waals surface area contributed by atoms with Crippen LogP contribution < -0.4 is 20.3 Å². The van der Waals surface area contributed by atoms with Gasteiger partial charge in [-0.3, -0.25) is 14.3 Å². The summed E-state index contributed by atoms with van der Waals surface area (Å²) in [6, 6.07) is 14.3. The van der Waals surface area contributed by atoms with Crippen LogP contribution >= 0.6 is 0 Å². The molecule has 1 aromatic heterocycles. The molecule has 0 atom stereocenters. The zero-order chi connectivity index (χ0) is 27.6. The predicted molar refractivity (Wildman–Crippen MR) is 129 cm³/mol. The third kappa shape index (κ3) is 4.94. The first kappa shape index (κ1) is 26.0. The van der Waals surface area contributed by atoms with Gasteiger partial charge < -0.3 is 14.8 Å². The van der Waals surface area contributed by atoms with Crippen molar-refractivity contribution in [1.82, 2.24) is 9.36 Å². The Hall–Kier alpha value is -5.05. The van der Waals surface area contributed by atoms with Crippen LogP contribution in [0, 0.1) is 23.0 Å². The van der Waals surface area contributed by atoms with E-state index in [1.165, 1.54) is 50.6 Å². The molecule has 1 heterocycles. The topological polar surface area (TPSA) is 98.3 Å². The SMILES string of the molecule is COc1cc(F)c(-c2c(NC(=O)c3ccc(OC(F)F)cc3)c(=O)n(-c3cccc(C#N)c3)n2C)c(F)c1. The smallest absolute Gasteiger partial charge is 0.387 e. The molecule has 0 aliphatic carbocycles. The van der Waals surface area contributed by atoms with Crippen LogP contribution in [0.25, 0.3) is 16.9 Å². The van der Waals surface area contributed by atoms with Gasteiger partial charge in [0.1, 0.15) is 34.5 Å². The maximum Gasteiger partial charge on any atom is 0.387 e. The highest BCUT2D eigenvalue weighted by atomic mass is 19.3. The van der Waals surface area contributed by atoms with Crippen molar-refractivity contribution in [3.05, 3.63) is 93.8 Å². The summed E-state index contributed by atoms with van der Waals surface area (Å²) in [7, 11) is 2.58. The van der Waals surface area contributed by atoms with E-state index in [0.29, 0.717) is 0 Å². The van der Waals surface area contributed by atoms with E-state index in [1.54, 1.807) is 0 Å². The van der Waals surface area contributed by atoms with Gasteiger partial charge >= 0.3 is 6.61 Å². The Bertz CT molecular complexity index is 1600. The van der Waals surface area contributed by atoms with Gasteiger partial charge in [0.2, 0.25) is 0 Å². The Balaban J connectivity index is 1.88. The van der Waals surface area contributed by atoms with Crippen LogP contribution in [-0.2, 0) is 7.05 Å². The number of nitriles is 1. The third-order valence-corrected chi connectivity index (χ3v) is 5.55. The number of benzene rings is 3. The lowest BCUT2D eigenvalue weighted by molar-refractivity contribution is -0.0498. The van der Waals surface area contributed by atoms with Crippen LogP contribution in [0.2, 0.25) is 0 Å². The van der Waals surface area contributed by atoms with Crippen molar-refractivity contribution in [2.45, 2.75) is 6.61 Å². The fraction of sp³-hybridized carbons (Fsp3) is 0.115. The number of hydrogen-bond acceptors (Lipinski definition) is 5. The number of anilines is 1. The number of ether oxygens (including phenoxy) is 2. The molecule has 8 nitrogen and oxygen atoms in total. The van der Waals surface area contributed by atoms with E-state index >= 15 is 8.78 Å². The lowest BCUT2D eigenvalue weighted by atomic mass is 10.1. The van der Waals surface area contributed by atoms with E-state index < -0.39 is 41.0 Å². The fourth-order valence-electron chi connectivity index (χ4n) is 3.87. The van der Waals surface area contributed by atoms with Crippen LogP contribution in [0.15, 0.2) is 65.5 Å². The summed E-state index contributed by atoms with van der Waals surface area (Å²) < 4.78 is 66.5. The summed E-state index contributed by atoms with van der Waals surface area (Å²) in [4.78, 5) is 26.5. The first-order valence-electron chi connectivity index (χ1n) is 10.9. The van der Waals surface area contributed by atoms with E-state index in [-0.39, 0.29) is 34.0 Å². The predicted octanol–water partition coefficient (Wildman–Crippen LogP) is 4.86. The summed E-state index contributed by atoms with van der Waals surface area (Å²) in [6.45, 7) is -3.06. The highest BCUT2D eigenvalue weighted by Crippen LogP contribution is 2.34. The van der Waals surface area contributed by atoms with Gasteiger partial charge in [-0.1, -0.05) is 6.07 Å². The van der Waals surface area contributed by atoms with Crippen LogP contribution in [0.3, 0.4) is 0 Å². The second-order valence-corrected chi connectivity index (χ2v) is 7.85. The Kier molecular flexibility index (Phi) is 7.20. The van der Waals surface area contributed by atoms with Gasteiger partial charge in [-0.2, -0.15) is 14.0 Å². The first-order chi connectivity index (χ1) is 18.1. The molecule has 0 radical (unpaired) electrons. The third-order valence-electron chi connectivity index (χ3n) is 5.55. The quantitative estimate of drug-likeness (QED) is 0.347. The number of nitrogens with zero attached hydrogens (tertiary/aromatic N) is 3. The van der Waals surface area contributed by atoms with Crippen molar-refractivity contribution >= 4 is 11.6 Å². The molecule has 0 bridgehead atoms. The average Bonchev–Trinajstić information content (AvgIpc) is 3.12. The average molecular weight is 526 g/mol. The molecule has 0 saturated heterocycles. The van der Waals surface area contributed by atoms with Gasteiger partial charge in [-0.05, 0) is 42.5 Å². The number of aromatic nitrogens is 2. The van der Waals surface area contributed by atoms with Gasteiger partial charge in [0.25, 0.3) is 11.5 Å². The lowest BCUT2D eigenvalue weighted by Gasteiger charge is -2.13. The molecule has 4 aromatic rings. The largest absolute Gasteiger partial charge is 0.497 e. The molecule has 3 aromatic carbocycles. The van der Waals surface area contributed by atoms with Gasteiger partial charge in [-0.25, -0.2) is 13.5 Å². The number of halogens is 4. The number of carbonyl (C=O) groups is 1. The normalized spacial score (nSPS) is 10.8. The number of hydrogen-bond donors (Lipinski definition) is 1. The summed E-state index contributed by atoms with van der Waals surface area (Å²) in [5.74, 6) is -3.29. The van der Waals surface area contributed by atoms with E-state index in [2.05, 4.69) is 10.1 Å². The van der Waals surface area contributed by atoms with Crippen LogP contribution in [0.5, 0.6) is 11.5 Å². The molecule has 0 saturated carbocycles. The van der Waals surface area contributed by atoms with Crippen molar-refractivity contribution in [2.75, 3.05) is 12.4 Å². The monoisotopic (exact) mass is 526 g/mol. The van der Waals surface area contributed by atoms with Crippen LogP contribution in [0.4, 0.5) is 23.2 Å². The van der Waals surface area contributed by atoms with Crippen molar-refractivity contribution in [3.8, 4) is 34.5 Å². The van der Waals surface area contributed by atoms with E-state index in [0.717, 1.165) is 33.6 Å². The number of rotatable bonds is 7. The van der Waals surface area contributed by atoms with Gasteiger partial charge in [0.15, 0.2) is 0 Å². The first-order valence-corrected chi connectivity index (χ1v) is 10.9. The molecular formula is C26H18F4N4O4. The van der Waals surface area contributed by atoms with Crippen molar-refractivity contribution in [1.29, 1.82) is 5.26 Å². The fourth-order valence-corrected chi connectivity index (χ4v) is 3.87. The van der Waals surface area contributed by atoms with Crippen molar-refractivity contribution in [2.24, 2.45) is 7.05 Å². The van der Waals surface area contributed by atoms with Crippen molar-refractivity contribution in [3.63, 3.8) is 0 Å². The van der Waals surface area contributed by atoms with E-state index in [9.17, 15) is 23.6 Å². The second kappa shape index (κ2) is 10.5.